The van der Waals surface area contributed by atoms with E-state index in [9.17, 15) is 0 Å². The van der Waals surface area contributed by atoms with Crippen LogP contribution in [0.4, 0.5) is 0 Å². The average molecular weight is 492 g/mol. The number of rotatable bonds is 4. The van der Waals surface area contributed by atoms with Gasteiger partial charge in [0.15, 0.2) is 17.5 Å². The summed E-state index contributed by atoms with van der Waals surface area (Å²) in [6.07, 6.45) is 2.62. The monoisotopic (exact) mass is 491 g/mol. The number of aliphatic imine (C=N–C) groups is 1. The topological polar surface area (TPSA) is 72.7 Å². The molecule has 142 valence electrons. The Morgan fingerprint density at radius 2 is 2.04 bits per heavy atom. The highest BCUT2D eigenvalue weighted by atomic mass is 127. The van der Waals surface area contributed by atoms with Crippen molar-refractivity contribution in [1.82, 2.24) is 20.4 Å². The maximum Gasteiger partial charge on any atom is 0.191 e. The standard InChI is InChI=1S/C17H22ClN5O2.HI/c1-19-17(21-11-13-4-5-22-23(13)2)20-10-12-8-14(18)16-15(9-12)24-6-3-7-25-16;/h4-5,8-9H,3,6-7,10-11H2,1-2H3,(H2,19,20,21);1H. The minimum Gasteiger partial charge on any atom is -0.489 e. The number of hydrogen-bond acceptors (Lipinski definition) is 4. The van der Waals surface area contributed by atoms with Crippen LogP contribution in [-0.4, -0.2) is 36.0 Å². The molecule has 1 aliphatic rings. The molecule has 1 aromatic heterocycles. The van der Waals surface area contributed by atoms with Gasteiger partial charge in [-0.15, -0.1) is 24.0 Å². The van der Waals surface area contributed by atoms with E-state index < -0.39 is 0 Å². The molecule has 26 heavy (non-hydrogen) atoms. The van der Waals surface area contributed by atoms with Gasteiger partial charge in [-0.1, -0.05) is 11.6 Å². The third-order valence-electron chi connectivity index (χ3n) is 3.90. The van der Waals surface area contributed by atoms with E-state index in [-0.39, 0.29) is 24.0 Å². The lowest BCUT2D eigenvalue weighted by molar-refractivity contribution is 0.297. The van der Waals surface area contributed by atoms with Crippen molar-refractivity contribution in [3.63, 3.8) is 0 Å². The van der Waals surface area contributed by atoms with Gasteiger partial charge >= 0.3 is 0 Å². The van der Waals surface area contributed by atoms with Crippen molar-refractivity contribution in [2.24, 2.45) is 12.0 Å². The van der Waals surface area contributed by atoms with Gasteiger partial charge in [-0.05, 0) is 23.8 Å². The van der Waals surface area contributed by atoms with Gasteiger partial charge in [0.2, 0.25) is 0 Å². The van der Waals surface area contributed by atoms with Gasteiger partial charge in [0.25, 0.3) is 0 Å². The third-order valence-corrected chi connectivity index (χ3v) is 4.19. The van der Waals surface area contributed by atoms with E-state index in [1.165, 1.54) is 0 Å². The molecule has 0 atom stereocenters. The fraction of sp³-hybridized carbons (Fsp3) is 0.412. The molecular weight excluding hydrogens is 469 g/mol. The highest BCUT2D eigenvalue weighted by molar-refractivity contribution is 14.0. The Labute approximate surface area is 175 Å². The highest BCUT2D eigenvalue weighted by Crippen LogP contribution is 2.37. The number of aryl methyl sites for hydroxylation is 1. The van der Waals surface area contributed by atoms with Gasteiger partial charge in [-0.25, -0.2) is 0 Å². The van der Waals surface area contributed by atoms with E-state index in [0.29, 0.717) is 48.8 Å². The molecule has 1 aliphatic heterocycles. The summed E-state index contributed by atoms with van der Waals surface area (Å²) in [4.78, 5) is 4.23. The van der Waals surface area contributed by atoms with E-state index in [1.54, 1.807) is 13.2 Å². The molecular formula is C17H23ClIN5O2. The second-order valence-corrected chi connectivity index (χ2v) is 6.09. The molecule has 0 bridgehead atoms. The molecule has 0 fully saturated rings. The second-order valence-electron chi connectivity index (χ2n) is 5.68. The Morgan fingerprint density at radius 1 is 1.27 bits per heavy atom. The zero-order valence-corrected chi connectivity index (χ0v) is 17.9. The van der Waals surface area contributed by atoms with Crippen molar-refractivity contribution in [1.29, 1.82) is 0 Å². The van der Waals surface area contributed by atoms with Crippen LogP contribution in [0.5, 0.6) is 11.5 Å². The molecule has 2 N–H and O–H groups in total. The molecule has 0 unspecified atom stereocenters. The van der Waals surface area contributed by atoms with Crippen molar-refractivity contribution in [3.8, 4) is 11.5 Å². The van der Waals surface area contributed by atoms with Crippen molar-refractivity contribution >= 4 is 41.5 Å². The summed E-state index contributed by atoms with van der Waals surface area (Å²) in [6.45, 7) is 2.46. The zero-order valence-electron chi connectivity index (χ0n) is 14.8. The summed E-state index contributed by atoms with van der Waals surface area (Å²) in [5.41, 5.74) is 2.07. The molecule has 2 aromatic rings. The summed E-state index contributed by atoms with van der Waals surface area (Å²) in [5.74, 6) is 2.02. The van der Waals surface area contributed by atoms with Gasteiger partial charge in [0.1, 0.15) is 0 Å². The second kappa shape index (κ2) is 9.86. The largest absolute Gasteiger partial charge is 0.489 e. The number of ether oxygens (including phenoxy) is 2. The minimum atomic E-state index is 0. The van der Waals surface area contributed by atoms with Crippen LogP contribution in [0.1, 0.15) is 17.7 Å². The summed E-state index contributed by atoms with van der Waals surface area (Å²) < 4.78 is 13.2. The lowest BCUT2D eigenvalue weighted by atomic mass is 10.2. The summed E-state index contributed by atoms with van der Waals surface area (Å²) in [7, 11) is 3.65. The number of guanidine groups is 1. The van der Waals surface area contributed by atoms with Gasteiger partial charge < -0.3 is 20.1 Å². The average Bonchev–Trinajstić information content (AvgIpc) is 2.87. The molecule has 3 rings (SSSR count). The van der Waals surface area contributed by atoms with Gasteiger partial charge in [0, 0.05) is 33.3 Å². The third kappa shape index (κ3) is 5.16. The smallest absolute Gasteiger partial charge is 0.191 e. The Balaban J connectivity index is 0.00000243. The van der Waals surface area contributed by atoms with Crippen LogP contribution in [0.25, 0.3) is 0 Å². The first kappa shape index (κ1) is 20.6. The molecule has 7 nitrogen and oxygen atoms in total. The number of nitrogens with one attached hydrogen (secondary N) is 2. The summed E-state index contributed by atoms with van der Waals surface area (Å²) >= 11 is 6.33. The van der Waals surface area contributed by atoms with Crippen molar-refractivity contribution in [3.05, 3.63) is 40.7 Å². The van der Waals surface area contributed by atoms with E-state index in [4.69, 9.17) is 21.1 Å². The Bertz CT molecular complexity index is 766. The van der Waals surface area contributed by atoms with E-state index >= 15 is 0 Å². The minimum absolute atomic E-state index is 0. The molecule has 2 heterocycles. The normalized spacial score (nSPS) is 13.6. The van der Waals surface area contributed by atoms with Crippen molar-refractivity contribution in [2.75, 3.05) is 20.3 Å². The maximum atomic E-state index is 6.33. The summed E-state index contributed by atoms with van der Waals surface area (Å²) in [5, 5.41) is 11.2. The molecule has 0 spiro atoms. The Hall–Kier alpha value is -1.68. The molecule has 0 saturated heterocycles. The van der Waals surface area contributed by atoms with Crippen LogP contribution < -0.4 is 20.1 Å². The number of hydrogen-bond donors (Lipinski definition) is 2. The molecule has 0 aliphatic carbocycles. The lowest BCUT2D eigenvalue weighted by Crippen LogP contribution is -2.36. The van der Waals surface area contributed by atoms with Crippen LogP contribution in [0.2, 0.25) is 5.02 Å². The van der Waals surface area contributed by atoms with Crippen LogP contribution >= 0.6 is 35.6 Å². The fourth-order valence-electron chi connectivity index (χ4n) is 2.54. The highest BCUT2D eigenvalue weighted by Gasteiger charge is 2.15. The molecule has 0 saturated carbocycles. The molecule has 9 heteroatoms. The Kier molecular flexibility index (Phi) is 7.83. The van der Waals surface area contributed by atoms with Crippen LogP contribution in [-0.2, 0) is 20.1 Å². The van der Waals surface area contributed by atoms with Crippen molar-refractivity contribution < 1.29 is 9.47 Å². The first-order chi connectivity index (χ1) is 12.2. The lowest BCUT2D eigenvalue weighted by Gasteiger charge is -2.14. The first-order valence-corrected chi connectivity index (χ1v) is 8.54. The molecule has 0 amide bonds. The van der Waals surface area contributed by atoms with Crippen LogP contribution in [0, 0.1) is 0 Å². The number of nitrogens with zero attached hydrogens (tertiary/aromatic N) is 3. The van der Waals surface area contributed by atoms with E-state index in [0.717, 1.165) is 17.7 Å². The van der Waals surface area contributed by atoms with Crippen LogP contribution in [0.15, 0.2) is 29.4 Å². The predicted molar refractivity (Wildman–Crippen MR) is 113 cm³/mol. The molecule has 1 aromatic carbocycles. The zero-order chi connectivity index (χ0) is 17.6. The van der Waals surface area contributed by atoms with Crippen molar-refractivity contribution in [2.45, 2.75) is 19.5 Å². The van der Waals surface area contributed by atoms with Gasteiger partial charge in [0.05, 0.1) is 30.5 Å². The Morgan fingerprint density at radius 3 is 2.77 bits per heavy atom. The predicted octanol–water partition coefficient (Wildman–Crippen LogP) is 2.72. The number of benzene rings is 1. The van der Waals surface area contributed by atoms with E-state index in [1.807, 2.05) is 29.9 Å². The number of halogens is 2. The number of fused-ring (bicyclic) bond motifs is 1. The summed E-state index contributed by atoms with van der Waals surface area (Å²) in [6, 6.07) is 5.80. The SMILES string of the molecule is CN=C(NCc1cc(Cl)c2c(c1)OCCCO2)NCc1ccnn1C.I. The van der Waals surface area contributed by atoms with Crippen LogP contribution in [0.3, 0.4) is 0 Å². The van der Waals surface area contributed by atoms with E-state index in [2.05, 4.69) is 20.7 Å². The van der Waals surface area contributed by atoms with Gasteiger partial charge in [-0.3, -0.25) is 9.67 Å². The molecule has 0 radical (unpaired) electrons. The number of aromatic nitrogens is 2. The van der Waals surface area contributed by atoms with Gasteiger partial charge in [-0.2, -0.15) is 5.10 Å². The first-order valence-electron chi connectivity index (χ1n) is 8.17. The quantitative estimate of drug-likeness (QED) is 0.391. The maximum absolute atomic E-state index is 6.33. The fourth-order valence-corrected chi connectivity index (χ4v) is 2.83.